The summed E-state index contributed by atoms with van der Waals surface area (Å²) in [5, 5.41) is 8.60. The van der Waals surface area contributed by atoms with Gasteiger partial charge in [0.2, 0.25) is 5.16 Å². The number of H-pyrrole nitrogens is 1. The Bertz CT molecular complexity index is 498. The van der Waals surface area contributed by atoms with Gasteiger partial charge in [0.05, 0.1) is 5.02 Å². The van der Waals surface area contributed by atoms with Crippen LogP contribution in [0.2, 0.25) is 5.02 Å². The molecule has 0 fully saturated rings. The van der Waals surface area contributed by atoms with Crippen LogP contribution in [0.3, 0.4) is 0 Å². The Kier molecular flexibility index (Phi) is 3.42. The first kappa shape index (κ1) is 11.4. The van der Waals surface area contributed by atoms with Crippen molar-refractivity contribution in [3.63, 3.8) is 0 Å². The fourth-order valence-electron chi connectivity index (χ4n) is 1.15. The lowest BCUT2D eigenvalue weighted by molar-refractivity contribution is 0.960. The molecule has 0 amide bonds. The molecule has 3 N–H and O–H groups in total. The first-order valence-corrected chi connectivity index (χ1v) is 5.80. The lowest BCUT2D eigenvalue weighted by Gasteiger charge is -2.04. The third kappa shape index (κ3) is 2.34. The number of rotatable bonds is 3. The molecule has 0 aliphatic rings. The zero-order valence-corrected chi connectivity index (χ0v) is 10.1. The highest BCUT2D eigenvalue weighted by Crippen LogP contribution is 2.31. The fraction of sp³-hybridized carbons (Fsp3) is 0.222. The summed E-state index contributed by atoms with van der Waals surface area (Å²) in [4.78, 5) is 8.34. The van der Waals surface area contributed by atoms with Crippen LogP contribution in [0, 0.1) is 6.92 Å². The normalized spacial score (nSPS) is 10.7. The standard InChI is InChI=1S/C9H10ClN5S/c1-5-13-9(15-14-5)16-8-7(10)6(4-11)2-3-12-8/h2-3H,4,11H2,1H3,(H,13,14,15). The number of pyridine rings is 1. The Morgan fingerprint density at radius 3 is 3.00 bits per heavy atom. The van der Waals surface area contributed by atoms with Crippen LogP contribution in [0.5, 0.6) is 0 Å². The summed E-state index contributed by atoms with van der Waals surface area (Å²) in [6.07, 6.45) is 1.68. The zero-order valence-electron chi connectivity index (χ0n) is 8.57. The van der Waals surface area contributed by atoms with Gasteiger partial charge in [-0.05, 0) is 30.3 Å². The number of aromatic amines is 1. The van der Waals surface area contributed by atoms with E-state index in [-0.39, 0.29) is 0 Å². The number of hydrogen-bond acceptors (Lipinski definition) is 5. The van der Waals surface area contributed by atoms with Crippen molar-refractivity contribution in [1.29, 1.82) is 0 Å². The highest BCUT2D eigenvalue weighted by atomic mass is 35.5. The Morgan fingerprint density at radius 2 is 2.38 bits per heavy atom. The second-order valence-electron chi connectivity index (χ2n) is 3.10. The minimum absolute atomic E-state index is 0.391. The van der Waals surface area contributed by atoms with E-state index < -0.39 is 0 Å². The maximum atomic E-state index is 6.14. The van der Waals surface area contributed by atoms with Crippen molar-refractivity contribution in [3.8, 4) is 0 Å². The van der Waals surface area contributed by atoms with E-state index in [1.54, 1.807) is 12.3 Å². The largest absolute Gasteiger partial charge is 0.326 e. The molecule has 0 unspecified atom stereocenters. The highest BCUT2D eigenvalue weighted by molar-refractivity contribution is 7.99. The number of aromatic nitrogens is 4. The van der Waals surface area contributed by atoms with Crippen LogP contribution in [0.1, 0.15) is 11.4 Å². The van der Waals surface area contributed by atoms with E-state index in [0.29, 0.717) is 21.7 Å². The molecule has 2 heterocycles. The van der Waals surface area contributed by atoms with Crippen LogP contribution in [-0.2, 0) is 6.54 Å². The molecular formula is C9H10ClN5S. The smallest absolute Gasteiger partial charge is 0.214 e. The van der Waals surface area contributed by atoms with Crippen LogP contribution in [0.25, 0.3) is 0 Å². The molecule has 2 aromatic rings. The summed E-state index contributed by atoms with van der Waals surface area (Å²) >= 11 is 7.45. The van der Waals surface area contributed by atoms with Crippen molar-refractivity contribution < 1.29 is 0 Å². The van der Waals surface area contributed by atoms with Gasteiger partial charge in [0, 0.05) is 12.7 Å². The fourth-order valence-corrected chi connectivity index (χ4v) is 2.23. The molecule has 0 atom stereocenters. The lowest BCUT2D eigenvalue weighted by Crippen LogP contribution is -1.98. The highest BCUT2D eigenvalue weighted by Gasteiger charge is 2.10. The monoisotopic (exact) mass is 255 g/mol. The molecule has 2 rings (SSSR count). The summed E-state index contributed by atoms with van der Waals surface area (Å²) in [7, 11) is 0. The van der Waals surface area contributed by atoms with E-state index in [4.69, 9.17) is 17.3 Å². The molecule has 0 saturated carbocycles. The van der Waals surface area contributed by atoms with Gasteiger partial charge in [0.25, 0.3) is 0 Å². The van der Waals surface area contributed by atoms with Gasteiger partial charge in [-0.2, -0.15) is 0 Å². The van der Waals surface area contributed by atoms with Gasteiger partial charge >= 0.3 is 0 Å². The quantitative estimate of drug-likeness (QED) is 0.874. The van der Waals surface area contributed by atoms with E-state index >= 15 is 0 Å². The SMILES string of the molecule is Cc1nc(Sc2nccc(CN)c2Cl)n[nH]1. The second-order valence-corrected chi connectivity index (χ2v) is 4.43. The third-order valence-electron chi connectivity index (χ3n) is 1.92. The van der Waals surface area contributed by atoms with Crippen molar-refractivity contribution in [1.82, 2.24) is 20.2 Å². The molecule has 5 nitrogen and oxygen atoms in total. The van der Waals surface area contributed by atoms with Crippen molar-refractivity contribution in [2.45, 2.75) is 23.7 Å². The van der Waals surface area contributed by atoms with Gasteiger partial charge in [-0.25, -0.2) is 9.97 Å². The number of nitrogens with one attached hydrogen (secondary N) is 1. The molecule has 0 aromatic carbocycles. The molecule has 84 valence electrons. The first-order chi connectivity index (χ1) is 7.70. The van der Waals surface area contributed by atoms with Gasteiger partial charge in [0.15, 0.2) is 0 Å². The van der Waals surface area contributed by atoms with Crippen LogP contribution >= 0.6 is 23.4 Å². The average Bonchev–Trinajstić information content (AvgIpc) is 2.67. The van der Waals surface area contributed by atoms with Gasteiger partial charge in [-0.3, -0.25) is 5.10 Å². The van der Waals surface area contributed by atoms with Gasteiger partial charge in [-0.15, -0.1) is 5.10 Å². The molecule has 0 radical (unpaired) electrons. The van der Waals surface area contributed by atoms with Crippen molar-refractivity contribution in [2.24, 2.45) is 5.73 Å². The number of hydrogen-bond donors (Lipinski definition) is 2. The minimum Gasteiger partial charge on any atom is -0.326 e. The van der Waals surface area contributed by atoms with Crippen molar-refractivity contribution in [2.75, 3.05) is 0 Å². The van der Waals surface area contributed by atoms with Gasteiger partial charge < -0.3 is 5.73 Å². The lowest BCUT2D eigenvalue weighted by atomic mass is 10.3. The van der Waals surface area contributed by atoms with E-state index in [1.165, 1.54) is 11.8 Å². The van der Waals surface area contributed by atoms with E-state index in [0.717, 1.165) is 11.4 Å². The molecule has 0 aliphatic carbocycles. The topological polar surface area (TPSA) is 80.5 Å². The summed E-state index contributed by atoms with van der Waals surface area (Å²) in [5.41, 5.74) is 6.43. The number of nitrogens with zero attached hydrogens (tertiary/aromatic N) is 3. The van der Waals surface area contributed by atoms with Crippen LogP contribution in [0.4, 0.5) is 0 Å². The first-order valence-electron chi connectivity index (χ1n) is 4.61. The van der Waals surface area contributed by atoms with Crippen molar-refractivity contribution in [3.05, 3.63) is 28.7 Å². The Morgan fingerprint density at radius 1 is 1.56 bits per heavy atom. The van der Waals surface area contributed by atoms with E-state index in [1.807, 2.05) is 6.92 Å². The summed E-state index contributed by atoms with van der Waals surface area (Å²) < 4.78 is 0. The molecular weight excluding hydrogens is 246 g/mol. The summed E-state index contributed by atoms with van der Waals surface area (Å²) in [5.74, 6) is 0.758. The number of nitrogens with two attached hydrogens (primary N) is 1. The Labute approximate surface area is 102 Å². The summed E-state index contributed by atoms with van der Waals surface area (Å²) in [6, 6.07) is 1.80. The summed E-state index contributed by atoms with van der Waals surface area (Å²) in [6.45, 7) is 2.23. The minimum atomic E-state index is 0.391. The Balaban J connectivity index is 2.28. The molecule has 0 saturated heterocycles. The second kappa shape index (κ2) is 4.82. The van der Waals surface area contributed by atoms with E-state index in [9.17, 15) is 0 Å². The Hall–Kier alpha value is -1.11. The molecule has 0 aliphatic heterocycles. The molecule has 7 heteroatoms. The number of aryl methyl sites for hydroxylation is 1. The average molecular weight is 256 g/mol. The van der Waals surface area contributed by atoms with E-state index in [2.05, 4.69) is 20.2 Å². The molecule has 0 bridgehead atoms. The van der Waals surface area contributed by atoms with Crippen molar-refractivity contribution >= 4 is 23.4 Å². The maximum absolute atomic E-state index is 6.14. The van der Waals surface area contributed by atoms with Crippen LogP contribution < -0.4 is 5.73 Å². The van der Waals surface area contributed by atoms with Crippen LogP contribution in [-0.4, -0.2) is 20.2 Å². The van der Waals surface area contributed by atoms with Gasteiger partial charge in [-0.1, -0.05) is 11.6 Å². The third-order valence-corrected chi connectivity index (χ3v) is 3.32. The number of halogens is 1. The predicted molar refractivity (Wildman–Crippen MR) is 62.4 cm³/mol. The molecule has 0 spiro atoms. The predicted octanol–water partition coefficient (Wildman–Crippen LogP) is 1.77. The zero-order chi connectivity index (χ0) is 11.5. The van der Waals surface area contributed by atoms with Gasteiger partial charge in [0.1, 0.15) is 10.9 Å². The van der Waals surface area contributed by atoms with Crippen LogP contribution in [0.15, 0.2) is 22.4 Å². The molecule has 2 aromatic heterocycles. The molecule has 16 heavy (non-hydrogen) atoms. The maximum Gasteiger partial charge on any atom is 0.214 e.